The number of halogens is 1. The monoisotopic (exact) mass is 374 g/mol. The van der Waals surface area contributed by atoms with E-state index in [0.717, 1.165) is 10.1 Å². The standard InChI is InChI=1S/C19H19ClN2O4/c1-21-16-10-13(9-12-3-5-14(20)6-4-12)17(24)11-15(16)18(25)22(19(21)26)7-2-8-23/h3-6,10-11,23-24H,2,7-9H2,1H3. The Morgan fingerprint density at radius 3 is 2.46 bits per heavy atom. The highest BCUT2D eigenvalue weighted by atomic mass is 35.5. The van der Waals surface area contributed by atoms with Gasteiger partial charge < -0.3 is 10.2 Å². The van der Waals surface area contributed by atoms with Crippen LogP contribution in [-0.4, -0.2) is 26.0 Å². The van der Waals surface area contributed by atoms with Crippen LogP contribution in [0, 0.1) is 0 Å². The third kappa shape index (κ3) is 3.38. The molecule has 0 amide bonds. The van der Waals surface area contributed by atoms with Gasteiger partial charge in [0.15, 0.2) is 0 Å². The Morgan fingerprint density at radius 2 is 1.81 bits per heavy atom. The quantitative estimate of drug-likeness (QED) is 0.715. The van der Waals surface area contributed by atoms with Crippen LogP contribution in [0.25, 0.3) is 10.9 Å². The number of aliphatic hydroxyl groups is 1. The summed E-state index contributed by atoms with van der Waals surface area (Å²) in [6.45, 7) is 0.0180. The lowest BCUT2D eigenvalue weighted by molar-refractivity contribution is 0.277. The normalized spacial score (nSPS) is 11.2. The Balaban J connectivity index is 2.13. The zero-order chi connectivity index (χ0) is 18.8. The van der Waals surface area contributed by atoms with Crippen molar-refractivity contribution in [1.82, 2.24) is 9.13 Å². The van der Waals surface area contributed by atoms with Crippen LogP contribution in [0.2, 0.25) is 5.02 Å². The first-order valence-electron chi connectivity index (χ1n) is 8.23. The molecule has 0 unspecified atom stereocenters. The van der Waals surface area contributed by atoms with Crippen LogP contribution in [-0.2, 0) is 20.0 Å². The summed E-state index contributed by atoms with van der Waals surface area (Å²) in [5, 5.41) is 20.2. The molecule has 0 saturated heterocycles. The van der Waals surface area contributed by atoms with Crippen molar-refractivity contribution in [2.45, 2.75) is 19.4 Å². The maximum Gasteiger partial charge on any atom is 0.331 e. The number of rotatable bonds is 5. The lowest BCUT2D eigenvalue weighted by Crippen LogP contribution is -2.39. The second-order valence-electron chi connectivity index (χ2n) is 6.18. The molecule has 3 aromatic rings. The third-order valence-electron chi connectivity index (χ3n) is 4.40. The Labute approximate surface area is 154 Å². The third-order valence-corrected chi connectivity index (χ3v) is 4.65. The minimum atomic E-state index is -0.468. The van der Waals surface area contributed by atoms with E-state index in [1.807, 2.05) is 12.1 Å². The van der Waals surface area contributed by atoms with Gasteiger partial charge in [-0.3, -0.25) is 13.9 Å². The highest BCUT2D eigenvalue weighted by Gasteiger charge is 2.14. The molecule has 1 aromatic heterocycles. The van der Waals surface area contributed by atoms with Gasteiger partial charge >= 0.3 is 5.69 Å². The number of phenolic OH excluding ortho intramolecular Hbond substituents is 1. The smallest absolute Gasteiger partial charge is 0.331 e. The van der Waals surface area contributed by atoms with E-state index < -0.39 is 11.2 Å². The number of nitrogens with zero attached hydrogens (tertiary/aromatic N) is 2. The van der Waals surface area contributed by atoms with Crippen molar-refractivity contribution >= 4 is 22.5 Å². The van der Waals surface area contributed by atoms with Crippen molar-refractivity contribution in [2.75, 3.05) is 6.61 Å². The molecule has 2 aromatic carbocycles. The Hall–Kier alpha value is -2.57. The summed E-state index contributed by atoms with van der Waals surface area (Å²) >= 11 is 5.89. The fourth-order valence-corrected chi connectivity index (χ4v) is 3.10. The maximum atomic E-state index is 12.6. The summed E-state index contributed by atoms with van der Waals surface area (Å²) in [6.07, 6.45) is 0.752. The van der Waals surface area contributed by atoms with Gasteiger partial charge in [-0.2, -0.15) is 0 Å². The van der Waals surface area contributed by atoms with E-state index in [2.05, 4.69) is 0 Å². The summed E-state index contributed by atoms with van der Waals surface area (Å²) in [5.74, 6) is -0.00286. The molecular weight excluding hydrogens is 356 g/mol. The average Bonchev–Trinajstić information content (AvgIpc) is 2.63. The van der Waals surface area contributed by atoms with Gasteiger partial charge in [-0.05, 0) is 36.2 Å². The molecule has 0 spiro atoms. The molecule has 3 rings (SSSR count). The number of aromatic hydroxyl groups is 1. The number of hydrogen-bond donors (Lipinski definition) is 2. The van der Waals surface area contributed by atoms with Gasteiger partial charge in [0.1, 0.15) is 5.75 Å². The van der Waals surface area contributed by atoms with Gasteiger partial charge in [0.25, 0.3) is 5.56 Å². The first kappa shape index (κ1) is 18.2. The van der Waals surface area contributed by atoms with E-state index in [4.69, 9.17) is 16.7 Å². The topological polar surface area (TPSA) is 84.5 Å². The van der Waals surface area contributed by atoms with Crippen molar-refractivity contribution in [3.05, 3.63) is 73.4 Å². The summed E-state index contributed by atoms with van der Waals surface area (Å²) in [4.78, 5) is 25.1. The highest BCUT2D eigenvalue weighted by Crippen LogP contribution is 2.25. The highest BCUT2D eigenvalue weighted by molar-refractivity contribution is 6.30. The van der Waals surface area contributed by atoms with Crippen molar-refractivity contribution < 1.29 is 10.2 Å². The van der Waals surface area contributed by atoms with Crippen LogP contribution >= 0.6 is 11.6 Å². The molecule has 6 nitrogen and oxygen atoms in total. The molecule has 0 aliphatic rings. The number of aliphatic hydroxyl groups excluding tert-OH is 1. The van der Waals surface area contributed by atoms with Crippen LogP contribution in [0.1, 0.15) is 17.5 Å². The van der Waals surface area contributed by atoms with E-state index in [1.165, 1.54) is 10.6 Å². The van der Waals surface area contributed by atoms with Gasteiger partial charge in [-0.25, -0.2) is 4.79 Å². The summed E-state index contributed by atoms with van der Waals surface area (Å²) in [6, 6.07) is 10.3. The minimum absolute atomic E-state index is 0.00286. The van der Waals surface area contributed by atoms with Gasteiger partial charge in [0.2, 0.25) is 0 Å². The van der Waals surface area contributed by atoms with E-state index in [9.17, 15) is 14.7 Å². The molecule has 0 aliphatic heterocycles. The molecule has 7 heteroatoms. The summed E-state index contributed by atoms with van der Waals surface area (Å²) in [7, 11) is 1.59. The predicted octanol–water partition coefficient (Wildman–Crippen LogP) is 2.03. The SMILES string of the molecule is Cn1c(=O)n(CCCO)c(=O)c2cc(O)c(Cc3ccc(Cl)cc3)cc21. The molecular formula is C19H19ClN2O4. The second kappa shape index (κ2) is 7.35. The zero-order valence-corrected chi connectivity index (χ0v) is 15.0. The van der Waals surface area contributed by atoms with Gasteiger partial charge in [0, 0.05) is 37.2 Å². The van der Waals surface area contributed by atoms with E-state index in [0.29, 0.717) is 28.9 Å². The molecule has 2 N–H and O–H groups in total. The van der Waals surface area contributed by atoms with Crippen molar-refractivity contribution in [1.29, 1.82) is 0 Å². The first-order chi connectivity index (χ1) is 12.4. The summed E-state index contributed by atoms with van der Waals surface area (Å²) in [5.41, 5.74) is 1.11. The first-order valence-corrected chi connectivity index (χ1v) is 8.61. The fourth-order valence-electron chi connectivity index (χ4n) is 2.98. The fraction of sp³-hybridized carbons (Fsp3) is 0.263. The average molecular weight is 375 g/mol. The molecule has 0 bridgehead atoms. The van der Waals surface area contributed by atoms with Crippen molar-refractivity contribution in [3.8, 4) is 5.75 Å². The molecule has 1 heterocycles. The molecule has 0 atom stereocenters. The van der Waals surface area contributed by atoms with E-state index >= 15 is 0 Å². The van der Waals surface area contributed by atoms with Crippen molar-refractivity contribution in [3.63, 3.8) is 0 Å². The Bertz CT molecular complexity index is 1070. The zero-order valence-electron chi connectivity index (χ0n) is 14.3. The van der Waals surface area contributed by atoms with Gasteiger partial charge in [-0.15, -0.1) is 0 Å². The molecule has 0 radical (unpaired) electrons. The van der Waals surface area contributed by atoms with Crippen LogP contribution in [0.5, 0.6) is 5.75 Å². The number of phenols is 1. The summed E-state index contributed by atoms with van der Waals surface area (Å²) < 4.78 is 2.47. The Kier molecular flexibility index (Phi) is 5.15. The van der Waals surface area contributed by atoms with Gasteiger partial charge in [0.05, 0.1) is 10.9 Å². The number of hydrogen-bond acceptors (Lipinski definition) is 4. The molecule has 0 fully saturated rings. The largest absolute Gasteiger partial charge is 0.508 e. The molecule has 0 saturated carbocycles. The van der Waals surface area contributed by atoms with Crippen LogP contribution in [0.15, 0.2) is 46.0 Å². The second-order valence-corrected chi connectivity index (χ2v) is 6.61. The van der Waals surface area contributed by atoms with Crippen LogP contribution in [0.3, 0.4) is 0 Å². The maximum absolute atomic E-state index is 12.6. The molecule has 0 aliphatic carbocycles. The lowest BCUT2D eigenvalue weighted by atomic mass is 10.0. The van der Waals surface area contributed by atoms with Crippen molar-refractivity contribution in [2.24, 2.45) is 7.05 Å². The Morgan fingerprint density at radius 1 is 1.12 bits per heavy atom. The number of fused-ring (bicyclic) bond motifs is 1. The van der Waals surface area contributed by atoms with Crippen LogP contribution < -0.4 is 11.2 Å². The lowest BCUT2D eigenvalue weighted by Gasteiger charge is -2.13. The van der Waals surface area contributed by atoms with E-state index in [-0.39, 0.29) is 24.3 Å². The van der Waals surface area contributed by atoms with Crippen LogP contribution in [0.4, 0.5) is 0 Å². The number of aryl methyl sites for hydroxylation is 1. The number of aromatic nitrogens is 2. The molecule has 26 heavy (non-hydrogen) atoms. The van der Waals surface area contributed by atoms with E-state index in [1.54, 1.807) is 25.2 Å². The van der Waals surface area contributed by atoms with Gasteiger partial charge in [-0.1, -0.05) is 23.7 Å². The predicted molar refractivity (Wildman–Crippen MR) is 101 cm³/mol. The number of benzene rings is 2. The molecule has 136 valence electrons. The minimum Gasteiger partial charge on any atom is -0.508 e.